The predicted octanol–water partition coefficient (Wildman–Crippen LogP) is 3.10. The lowest BCUT2D eigenvalue weighted by molar-refractivity contribution is 0.0949. The Hall–Kier alpha value is -1.47. The number of anilines is 1. The highest BCUT2D eigenvalue weighted by Gasteiger charge is 2.08. The number of amides is 1. The maximum Gasteiger partial charge on any atom is 0.271 e. The molecule has 0 atom stereocenters. The van der Waals surface area contributed by atoms with Gasteiger partial charge in [-0.2, -0.15) is 0 Å². The molecule has 0 radical (unpaired) electrons. The minimum atomic E-state index is -0.196. The first kappa shape index (κ1) is 15.9. The number of aromatic nitrogens is 2. The Kier molecular flexibility index (Phi) is 6.13. The molecule has 0 aliphatic rings. The zero-order valence-corrected chi connectivity index (χ0v) is 14.1. The average Bonchev–Trinajstić information content (AvgIpc) is 2.91. The van der Waals surface area contributed by atoms with Gasteiger partial charge in [-0.05, 0) is 40.9 Å². The summed E-state index contributed by atoms with van der Waals surface area (Å²) in [6, 6.07) is 4.06. The molecule has 0 fully saturated rings. The van der Waals surface area contributed by atoms with E-state index in [2.05, 4.69) is 49.5 Å². The van der Waals surface area contributed by atoms with E-state index in [0.29, 0.717) is 18.1 Å². The van der Waals surface area contributed by atoms with Crippen LogP contribution in [0.4, 0.5) is 5.82 Å². The third-order valence-corrected chi connectivity index (χ3v) is 4.39. The molecule has 0 saturated heterocycles. The van der Waals surface area contributed by atoms with E-state index < -0.39 is 0 Å². The van der Waals surface area contributed by atoms with Crippen LogP contribution in [0, 0.1) is 0 Å². The number of hydrogen-bond acceptors (Lipinski definition) is 5. The maximum atomic E-state index is 12.0. The van der Waals surface area contributed by atoms with Gasteiger partial charge in [-0.15, -0.1) is 11.3 Å². The lowest BCUT2D eigenvalue weighted by Gasteiger charge is -2.06. The van der Waals surface area contributed by atoms with Crippen LogP contribution in [-0.4, -0.2) is 29.0 Å². The summed E-state index contributed by atoms with van der Waals surface area (Å²) in [5.41, 5.74) is 0.337. The summed E-state index contributed by atoms with van der Waals surface area (Å²) >= 11 is 5.10. The number of nitrogens with one attached hydrogen (secondary N) is 2. The standard InChI is InChI=1S/C14H17BrN4OS/c1-2-6-17-13-9-16-8-11(19-13)14(20)18-7-5-10-3-4-12(15)21-10/h3-4,8-9H,2,5-7H2,1H3,(H,17,19)(H,18,20). The lowest BCUT2D eigenvalue weighted by atomic mass is 10.3. The van der Waals surface area contributed by atoms with Gasteiger partial charge in [0, 0.05) is 18.0 Å². The van der Waals surface area contributed by atoms with E-state index >= 15 is 0 Å². The van der Waals surface area contributed by atoms with Gasteiger partial charge in [0.2, 0.25) is 0 Å². The summed E-state index contributed by atoms with van der Waals surface area (Å²) in [5, 5.41) is 5.98. The van der Waals surface area contributed by atoms with Gasteiger partial charge in [0.15, 0.2) is 0 Å². The lowest BCUT2D eigenvalue weighted by Crippen LogP contribution is -2.26. The van der Waals surface area contributed by atoms with Crippen LogP contribution in [0.1, 0.15) is 28.7 Å². The second-order valence-electron chi connectivity index (χ2n) is 4.43. The Morgan fingerprint density at radius 1 is 1.33 bits per heavy atom. The van der Waals surface area contributed by atoms with E-state index in [4.69, 9.17) is 0 Å². The van der Waals surface area contributed by atoms with E-state index in [1.54, 1.807) is 17.5 Å². The number of thiophene rings is 1. The highest BCUT2D eigenvalue weighted by molar-refractivity contribution is 9.11. The molecule has 0 aliphatic carbocycles. The van der Waals surface area contributed by atoms with Crippen LogP contribution in [-0.2, 0) is 6.42 Å². The van der Waals surface area contributed by atoms with Gasteiger partial charge in [0.25, 0.3) is 5.91 Å². The SMILES string of the molecule is CCCNc1cncc(C(=O)NCCc2ccc(Br)s2)n1. The molecule has 0 unspecified atom stereocenters. The summed E-state index contributed by atoms with van der Waals surface area (Å²) in [7, 11) is 0. The van der Waals surface area contributed by atoms with Crippen LogP contribution in [0.25, 0.3) is 0 Å². The van der Waals surface area contributed by atoms with Crippen molar-refractivity contribution in [3.63, 3.8) is 0 Å². The second kappa shape index (κ2) is 8.09. The summed E-state index contributed by atoms with van der Waals surface area (Å²) in [6.07, 6.45) is 4.90. The second-order valence-corrected chi connectivity index (χ2v) is 6.98. The number of rotatable bonds is 7. The highest BCUT2D eigenvalue weighted by atomic mass is 79.9. The number of carbonyl (C=O) groups is 1. The quantitative estimate of drug-likeness (QED) is 0.787. The maximum absolute atomic E-state index is 12.0. The van der Waals surface area contributed by atoms with Crippen LogP contribution >= 0.6 is 27.3 Å². The molecule has 1 amide bonds. The molecule has 2 aromatic rings. The summed E-state index contributed by atoms with van der Waals surface area (Å²) < 4.78 is 1.10. The summed E-state index contributed by atoms with van der Waals surface area (Å²) in [5.74, 6) is 0.435. The van der Waals surface area contributed by atoms with Crippen LogP contribution in [0.2, 0.25) is 0 Å². The molecule has 0 aromatic carbocycles. The van der Waals surface area contributed by atoms with E-state index in [-0.39, 0.29) is 5.91 Å². The molecule has 0 saturated carbocycles. The molecule has 5 nitrogen and oxygen atoms in total. The number of hydrogen-bond donors (Lipinski definition) is 2. The summed E-state index contributed by atoms with van der Waals surface area (Å²) in [6.45, 7) is 3.47. The first-order valence-electron chi connectivity index (χ1n) is 6.77. The van der Waals surface area contributed by atoms with Crippen molar-refractivity contribution in [2.45, 2.75) is 19.8 Å². The van der Waals surface area contributed by atoms with Crippen molar-refractivity contribution >= 4 is 39.0 Å². The first-order valence-corrected chi connectivity index (χ1v) is 8.38. The van der Waals surface area contributed by atoms with Gasteiger partial charge >= 0.3 is 0 Å². The molecule has 7 heteroatoms. The van der Waals surface area contributed by atoms with Crippen LogP contribution in [0.5, 0.6) is 0 Å². The Morgan fingerprint density at radius 2 is 2.19 bits per heavy atom. The topological polar surface area (TPSA) is 66.9 Å². The zero-order valence-electron chi connectivity index (χ0n) is 11.7. The zero-order chi connectivity index (χ0) is 15.1. The Labute approximate surface area is 136 Å². The first-order chi connectivity index (χ1) is 10.2. The van der Waals surface area contributed by atoms with Gasteiger partial charge in [0.1, 0.15) is 11.5 Å². The number of nitrogens with zero attached hydrogens (tertiary/aromatic N) is 2. The van der Waals surface area contributed by atoms with Crippen molar-refractivity contribution < 1.29 is 4.79 Å². The van der Waals surface area contributed by atoms with Crippen molar-refractivity contribution in [2.75, 3.05) is 18.4 Å². The molecule has 2 rings (SSSR count). The normalized spacial score (nSPS) is 10.4. The van der Waals surface area contributed by atoms with Gasteiger partial charge < -0.3 is 10.6 Å². The van der Waals surface area contributed by atoms with Crippen molar-refractivity contribution in [1.29, 1.82) is 0 Å². The predicted molar refractivity (Wildman–Crippen MR) is 88.9 cm³/mol. The molecule has 21 heavy (non-hydrogen) atoms. The molecule has 0 aliphatic heterocycles. The molecule has 2 heterocycles. The monoisotopic (exact) mass is 368 g/mol. The van der Waals surface area contributed by atoms with Crippen molar-refractivity contribution in [2.24, 2.45) is 0 Å². The fourth-order valence-electron chi connectivity index (χ4n) is 1.69. The van der Waals surface area contributed by atoms with Crippen LogP contribution < -0.4 is 10.6 Å². The third kappa shape index (κ3) is 5.09. The third-order valence-electron chi connectivity index (χ3n) is 2.71. The van der Waals surface area contributed by atoms with Crippen molar-refractivity contribution in [1.82, 2.24) is 15.3 Å². The number of halogens is 1. The van der Waals surface area contributed by atoms with Crippen LogP contribution in [0.3, 0.4) is 0 Å². The minimum Gasteiger partial charge on any atom is -0.369 e. The average molecular weight is 369 g/mol. The van der Waals surface area contributed by atoms with Crippen molar-refractivity contribution in [3.05, 3.63) is 38.9 Å². The van der Waals surface area contributed by atoms with Gasteiger partial charge in [-0.25, -0.2) is 4.98 Å². The molecular formula is C14H17BrN4OS. The van der Waals surface area contributed by atoms with Crippen LogP contribution in [0.15, 0.2) is 28.3 Å². The molecule has 2 aromatic heterocycles. The Bertz CT molecular complexity index is 602. The van der Waals surface area contributed by atoms with E-state index in [9.17, 15) is 4.79 Å². The van der Waals surface area contributed by atoms with E-state index in [1.165, 1.54) is 11.1 Å². The Morgan fingerprint density at radius 3 is 2.90 bits per heavy atom. The molecule has 0 spiro atoms. The fraction of sp³-hybridized carbons (Fsp3) is 0.357. The van der Waals surface area contributed by atoms with E-state index in [1.807, 2.05) is 6.07 Å². The summed E-state index contributed by atoms with van der Waals surface area (Å²) in [4.78, 5) is 21.5. The van der Waals surface area contributed by atoms with E-state index in [0.717, 1.165) is 23.2 Å². The molecule has 112 valence electrons. The molecule has 2 N–H and O–H groups in total. The van der Waals surface area contributed by atoms with Gasteiger partial charge in [-0.1, -0.05) is 6.92 Å². The molecular weight excluding hydrogens is 352 g/mol. The Balaban J connectivity index is 1.85. The number of carbonyl (C=O) groups excluding carboxylic acids is 1. The van der Waals surface area contributed by atoms with Crippen molar-refractivity contribution in [3.8, 4) is 0 Å². The van der Waals surface area contributed by atoms with Gasteiger partial charge in [0.05, 0.1) is 16.2 Å². The highest BCUT2D eigenvalue weighted by Crippen LogP contribution is 2.22. The van der Waals surface area contributed by atoms with Gasteiger partial charge in [-0.3, -0.25) is 9.78 Å². The largest absolute Gasteiger partial charge is 0.369 e. The minimum absolute atomic E-state index is 0.196. The molecule has 0 bridgehead atoms. The smallest absolute Gasteiger partial charge is 0.271 e. The fourth-order valence-corrected chi connectivity index (χ4v) is 3.17.